The molecule has 23 heavy (non-hydrogen) atoms. The topological polar surface area (TPSA) is 132 Å². The molecular formula is C15H21N5O3. The molecule has 2 atom stereocenters. The first-order valence-corrected chi connectivity index (χ1v) is 7.45. The van der Waals surface area contributed by atoms with Gasteiger partial charge in [0.2, 0.25) is 5.91 Å². The van der Waals surface area contributed by atoms with Crippen molar-refractivity contribution in [3.05, 3.63) is 29.6 Å². The average molecular weight is 319 g/mol. The highest BCUT2D eigenvalue weighted by Crippen LogP contribution is 2.18. The van der Waals surface area contributed by atoms with Crippen molar-refractivity contribution in [2.45, 2.75) is 38.5 Å². The van der Waals surface area contributed by atoms with Gasteiger partial charge in [0, 0.05) is 19.3 Å². The van der Waals surface area contributed by atoms with E-state index >= 15 is 0 Å². The van der Waals surface area contributed by atoms with Crippen LogP contribution in [0.1, 0.15) is 31.0 Å². The molecule has 0 aromatic carbocycles. The molecule has 0 aliphatic carbocycles. The summed E-state index contributed by atoms with van der Waals surface area (Å²) in [6.45, 7) is 2.16. The number of rotatable bonds is 5. The maximum absolute atomic E-state index is 12.3. The zero-order valence-electron chi connectivity index (χ0n) is 13.0. The quantitative estimate of drug-likeness (QED) is 0.423. The van der Waals surface area contributed by atoms with Gasteiger partial charge < -0.3 is 21.1 Å². The summed E-state index contributed by atoms with van der Waals surface area (Å²) in [5, 5.41) is 19.4. The van der Waals surface area contributed by atoms with E-state index in [9.17, 15) is 14.7 Å². The van der Waals surface area contributed by atoms with Crippen molar-refractivity contribution in [2.75, 3.05) is 6.54 Å². The molecular weight excluding hydrogens is 298 g/mol. The molecule has 0 saturated carbocycles. The third-order valence-corrected chi connectivity index (χ3v) is 3.76. The van der Waals surface area contributed by atoms with E-state index in [-0.39, 0.29) is 18.3 Å². The van der Waals surface area contributed by atoms with Crippen LogP contribution >= 0.6 is 0 Å². The molecule has 1 aromatic heterocycles. The summed E-state index contributed by atoms with van der Waals surface area (Å²) in [7, 11) is 0. The molecule has 1 aromatic rings. The molecule has 1 aliphatic rings. The molecule has 8 nitrogen and oxygen atoms in total. The number of carbonyl (C=O) groups excluding carboxylic acids is 2. The zero-order chi connectivity index (χ0) is 17.0. The molecule has 0 radical (unpaired) electrons. The Morgan fingerprint density at radius 3 is 2.87 bits per heavy atom. The number of carbonyl (C=O) groups is 2. The lowest BCUT2D eigenvalue weighted by atomic mass is 10.2. The Bertz CT molecular complexity index is 600. The van der Waals surface area contributed by atoms with E-state index in [0.29, 0.717) is 18.7 Å². The maximum atomic E-state index is 12.3. The molecule has 2 rings (SSSR count). The van der Waals surface area contributed by atoms with E-state index in [4.69, 9.17) is 11.1 Å². The lowest BCUT2D eigenvalue weighted by molar-refractivity contribution is -0.144. The minimum atomic E-state index is -1.10. The largest absolute Gasteiger partial charge is 0.384 e. The van der Waals surface area contributed by atoms with Crippen LogP contribution in [0.3, 0.4) is 0 Å². The molecule has 1 unspecified atom stereocenters. The predicted octanol–water partition coefficient (Wildman–Crippen LogP) is -0.646. The average Bonchev–Trinajstić information content (AvgIpc) is 3.01. The Labute approximate surface area is 134 Å². The van der Waals surface area contributed by atoms with E-state index in [2.05, 4.69) is 10.3 Å². The number of likely N-dealkylation sites (tertiary alicyclic amines) is 1. The summed E-state index contributed by atoms with van der Waals surface area (Å²) < 4.78 is 0. The molecule has 124 valence electrons. The van der Waals surface area contributed by atoms with Gasteiger partial charge in [-0.1, -0.05) is 6.07 Å². The number of nitrogens with zero attached hydrogens (tertiary/aromatic N) is 2. The Kier molecular flexibility index (Phi) is 5.28. The van der Waals surface area contributed by atoms with Crippen molar-refractivity contribution in [1.29, 1.82) is 5.41 Å². The molecule has 2 amide bonds. The fraction of sp³-hybridized carbons (Fsp3) is 0.467. The molecule has 1 aliphatic heterocycles. The number of nitrogens with two attached hydrogens (primary N) is 1. The third-order valence-electron chi connectivity index (χ3n) is 3.76. The van der Waals surface area contributed by atoms with Gasteiger partial charge in [0.1, 0.15) is 23.7 Å². The molecule has 2 heterocycles. The Morgan fingerprint density at radius 2 is 2.30 bits per heavy atom. The van der Waals surface area contributed by atoms with Gasteiger partial charge in [-0.2, -0.15) is 0 Å². The molecule has 5 N–H and O–H groups in total. The van der Waals surface area contributed by atoms with Crippen LogP contribution in [0.5, 0.6) is 0 Å². The van der Waals surface area contributed by atoms with Crippen molar-refractivity contribution in [2.24, 2.45) is 5.73 Å². The van der Waals surface area contributed by atoms with Gasteiger partial charge in [0.05, 0.1) is 0 Å². The van der Waals surface area contributed by atoms with Crippen molar-refractivity contribution in [1.82, 2.24) is 15.2 Å². The first-order valence-electron chi connectivity index (χ1n) is 7.45. The van der Waals surface area contributed by atoms with Crippen molar-refractivity contribution in [3.63, 3.8) is 0 Å². The fourth-order valence-corrected chi connectivity index (χ4v) is 2.54. The number of amidine groups is 1. The SMILES string of the molecule is CC(O)C(=O)N1CCC[C@H]1C(=O)NCc1ccc(C(=N)N)nc1. The van der Waals surface area contributed by atoms with E-state index < -0.39 is 18.1 Å². The van der Waals surface area contributed by atoms with Gasteiger partial charge in [-0.15, -0.1) is 0 Å². The molecule has 1 saturated heterocycles. The van der Waals surface area contributed by atoms with Gasteiger partial charge in [0.25, 0.3) is 5.91 Å². The number of amides is 2. The number of hydrogen-bond donors (Lipinski definition) is 4. The summed E-state index contributed by atoms with van der Waals surface area (Å²) in [6.07, 6.45) is 1.77. The molecule has 0 spiro atoms. The summed E-state index contributed by atoms with van der Waals surface area (Å²) >= 11 is 0. The van der Waals surface area contributed by atoms with Crippen LogP contribution in [-0.2, 0) is 16.1 Å². The summed E-state index contributed by atoms with van der Waals surface area (Å²) in [5.74, 6) is -0.777. The Hall–Kier alpha value is -2.48. The smallest absolute Gasteiger partial charge is 0.251 e. The molecule has 1 fully saturated rings. The number of hydrogen-bond acceptors (Lipinski definition) is 5. The highest BCUT2D eigenvalue weighted by atomic mass is 16.3. The normalized spacial score (nSPS) is 18.5. The van der Waals surface area contributed by atoms with Crippen LogP contribution in [0.4, 0.5) is 0 Å². The highest BCUT2D eigenvalue weighted by Gasteiger charge is 2.35. The highest BCUT2D eigenvalue weighted by molar-refractivity contribution is 5.93. The monoisotopic (exact) mass is 319 g/mol. The minimum absolute atomic E-state index is 0.112. The van der Waals surface area contributed by atoms with E-state index in [1.165, 1.54) is 11.8 Å². The third kappa shape index (κ3) is 4.04. The summed E-state index contributed by atoms with van der Waals surface area (Å²) in [6, 6.07) is 2.81. The number of aliphatic hydroxyl groups is 1. The lowest BCUT2D eigenvalue weighted by Crippen LogP contribution is -2.48. The minimum Gasteiger partial charge on any atom is -0.384 e. The second kappa shape index (κ2) is 7.19. The van der Waals surface area contributed by atoms with E-state index in [1.807, 2.05) is 0 Å². The lowest BCUT2D eigenvalue weighted by Gasteiger charge is -2.25. The van der Waals surface area contributed by atoms with E-state index in [1.54, 1.807) is 18.3 Å². The van der Waals surface area contributed by atoms with Crippen LogP contribution in [0.15, 0.2) is 18.3 Å². The van der Waals surface area contributed by atoms with Crippen LogP contribution in [0.2, 0.25) is 0 Å². The summed E-state index contributed by atoms with van der Waals surface area (Å²) in [4.78, 5) is 29.6. The van der Waals surface area contributed by atoms with Gasteiger partial charge in [0.15, 0.2) is 0 Å². The van der Waals surface area contributed by atoms with Gasteiger partial charge >= 0.3 is 0 Å². The molecule has 0 bridgehead atoms. The zero-order valence-corrected chi connectivity index (χ0v) is 13.0. The fourth-order valence-electron chi connectivity index (χ4n) is 2.54. The van der Waals surface area contributed by atoms with Crippen LogP contribution in [0.25, 0.3) is 0 Å². The first-order chi connectivity index (χ1) is 10.9. The van der Waals surface area contributed by atoms with Gasteiger partial charge in [-0.05, 0) is 31.4 Å². The second-order valence-corrected chi connectivity index (χ2v) is 5.55. The Morgan fingerprint density at radius 1 is 1.57 bits per heavy atom. The molecule has 8 heteroatoms. The number of nitrogens with one attached hydrogen (secondary N) is 2. The number of pyridine rings is 1. The van der Waals surface area contributed by atoms with Crippen molar-refractivity contribution >= 4 is 17.6 Å². The van der Waals surface area contributed by atoms with Gasteiger partial charge in [-0.3, -0.25) is 20.0 Å². The van der Waals surface area contributed by atoms with Crippen molar-refractivity contribution in [3.8, 4) is 0 Å². The van der Waals surface area contributed by atoms with Crippen LogP contribution < -0.4 is 11.1 Å². The standard InChI is InChI=1S/C15H21N5O3/c1-9(21)15(23)20-6-2-3-12(20)14(22)19-8-10-4-5-11(13(16)17)18-7-10/h4-5,7,9,12,21H,2-3,6,8H2,1H3,(H3,16,17)(H,19,22)/t9?,12-/m0/s1. The first kappa shape index (κ1) is 16.9. The van der Waals surface area contributed by atoms with Crippen LogP contribution in [-0.4, -0.2) is 51.3 Å². The van der Waals surface area contributed by atoms with E-state index in [0.717, 1.165) is 12.0 Å². The van der Waals surface area contributed by atoms with Gasteiger partial charge in [-0.25, -0.2) is 0 Å². The second-order valence-electron chi connectivity index (χ2n) is 5.55. The number of aromatic nitrogens is 1. The summed E-state index contributed by atoms with van der Waals surface area (Å²) in [5.41, 5.74) is 6.48. The number of aliphatic hydroxyl groups excluding tert-OH is 1. The maximum Gasteiger partial charge on any atom is 0.251 e. The Balaban J connectivity index is 1.93. The van der Waals surface area contributed by atoms with Crippen LogP contribution in [0, 0.1) is 5.41 Å². The van der Waals surface area contributed by atoms with Crippen molar-refractivity contribution < 1.29 is 14.7 Å². The number of nitrogen functional groups attached to an aromatic ring is 1. The predicted molar refractivity (Wildman–Crippen MR) is 83.5 cm³/mol.